The number of aromatic nitrogens is 1. The van der Waals surface area contributed by atoms with Crippen LogP contribution >= 0.6 is 0 Å². The minimum Gasteiger partial charge on any atom is -0.444 e. The molecule has 0 bridgehead atoms. The molecule has 1 aliphatic carbocycles. The minimum atomic E-state index is -0.587. The van der Waals surface area contributed by atoms with Gasteiger partial charge >= 0.3 is 6.09 Å². The molecule has 9 heteroatoms. The van der Waals surface area contributed by atoms with Crippen LogP contribution in [0.3, 0.4) is 0 Å². The van der Waals surface area contributed by atoms with Gasteiger partial charge in [-0.3, -0.25) is 9.59 Å². The monoisotopic (exact) mass is 718 g/mol. The summed E-state index contributed by atoms with van der Waals surface area (Å²) >= 11 is 0. The van der Waals surface area contributed by atoms with Crippen LogP contribution in [0.25, 0.3) is 11.1 Å². The second-order valence-corrected chi connectivity index (χ2v) is 15.5. The molecule has 2 fully saturated rings. The number of anilines is 1. The Bertz CT molecular complexity index is 1980. The van der Waals surface area contributed by atoms with Crippen molar-refractivity contribution in [2.75, 3.05) is 24.7 Å². The number of aryl methyl sites for hydroxylation is 2. The zero-order chi connectivity index (χ0) is 37.9. The molecule has 9 nitrogen and oxygen atoms in total. The molecule has 2 N–H and O–H groups in total. The Morgan fingerprint density at radius 3 is 2.28 bits per heavy atom. The lowest BCUT2D eigenvalue weighted by atomic mass is 9.94. The van der Waals surface area contributed by atoms with Crippen LogP contribution in [0, 0.1) is 20.8 Å². The summed E-state index contributed by atoms with van der Waals surface area (Å²) in [5.74, 6) is -0.0150. The number of aromatic amines is 1. The van der Waals surface area contributed by atoms with E-state index in [9.17, 15) is 14.4 Å². The Kier molecular flexibility index (Phi) is 11.4. The van der Waals surface area contributed by atoms with Crippen LogP contribution in [-0.2, 0) is 22.6 Å². The van der Waals surface area contributed by atoms with E-state index in [0.717, 1.165) is 78.2 Å². The number of ether oxygens (including phenoxy) is 2. The molecule has 53 heavy (non-hydrogen) atoms. The Morgan fingerprint density at radius 1 is 0.943 bits per heavy atom. The van der Waals surface area contributed by atoms with Gasteiger partial charge in [-0.25, -0.2) is 4.79 Å². The van der Waals surface area contributed by atoms with Gasteiger partial charge in [0.2, 0.25) is 0 Å². The number of amides is 2. The SMILES string of the molecule is CCN(c1cc(-c2ccc([C@@H]3C[C@H]3N(Cc3ccccc3)C(=O)OC(C)(C)C)cc2)cc(C(=O)NCc2c(C)cc(C)[nH]c2=O)c1C)C1CCOCC1. The number of carbonyl (C=O) groups excluding carboxylic acids is 2. The molecule has 0 spiro atoms. The van der Waals surface area contributed by atoms with E-state index >= 15 is 0 Å². The van der Waals surface area contributed by atoms with Crippen LogP contribution in [0.2, 0.25) is 0 Å². The molecule has 4 aromatic rings. The molecule has 2 aliphatic rings. The van der Waals surface area contributed by atoms with Crippen LogP contribution in [-0.4, -0.2) is 59.3 Å². The van der Waals surface area contributed by atoms with Crippen LogP contribution in [0.15, 0.2) is 77.6 Å². The molecule has 1 saturated heterocycles. The number of nitrogens with one attached hydrogen (secondary N) is 2. The fourth-order valence-electron chi connectivity index (χ4n) is 7.61. The molecule has 6 rings (SSSR count). The molecule has 2 atom stereocenters. The molecule has 0 radical (unpaired) electrons. The molecule has 0 unspecified atom stereocenters. The molecule has 280 valence electrons. The van der Waals surface area contributed by atoms with Gasteiger partial charge in [0.25, 0.3) is 11.5 Å². The number of carbonyl (C=O) groups is 2. The molecule has 2 amide bonds. The lowest BCUT2D eigenvalue weighted by Crippen LogP contribution is -2.40. The van der Waals surface area contributed by atoms with E-state index in [1.165, 1.54) is 5.56 Å². The van der Waals surface area contributed by atoms with Gasteiger partial charge in [0.15, 0.2) is 0 Å². The van der Waals surface area contributed by atoms with E-state index in [0.29, 0.717) is 23.7 Å². The van der Waals surface area contributed by atoms with E-state index < -0.39 is 5.60 Å². The lowest BCUT2D eigenvalue weighted by Gasteiger charge is -2.37. The number of pyridine rings is 1. The number of rotatable bonds is 11. The average Bonchev–Trinajstić information content (AvgIpc) is 3.92. The second kappa shape index (κ2) is 16.0. The highest BCUT2D eigenvalue weighted by Gasteiger charge is 2.46. The molecular formula is C44H54N4O5. The van der Waals surface area contributed by atoms with Crippen molar-refractivity contribution in [3.05, 3.63) is 122 Å². The molecule has 3 aromatic carbocycles. The van der Waals surface area contributed by atoms with E-state index in [-0.39, 0.29) is 36.1 Å². The fourth-order valence-corrected chi connectivity index (χ4v) is 7.61. The third-order valence-electron chi connectivity index (χ3n) is 10.5. The average molecular weight is 719 g/mol. The van der Waals surface area contributed by atoms with Crippen molar-refractivity contribution in [1.29, 1.82) is 0 Å². The van der Waals surface area contributed by atoms with E-state index in [1.807, 2.05) is 88.9 Å². The number of hydrogen-bond donors (Lipinski definition) is 2. The van der Waals surface area contributed by atoms with E-state index in [4.69, 9.17) is 9.47 Å². The topological polar surface area (TPSA) is 104 Å². The number of benzene rings is 3. The van der Waals surface area contributed by atoms with Gasteiger partial charge in [0.1, 0.15) is 5.60 Å². The first-order chi connectivity index (χ1) is 25.3. The van der Waals surface area contributed by atoms with Crippen molar-refractivity contribution >= 4 is 17.7 Å². The maximum absolute atomic E-state index is 14.0. The van der Waals surface area contributed by atoms with Crippen molar-refractivity contribution in [2.24, 2.45) is 0 Å². The van der Waals surface area contributed by atoms with E-state index in [1.54, 1.807) is 0 Å². The zero-order valence-corrected chi connectivity index (χ0v) is 32.3. The van der Waals surface area contributed by atoms with Crippen molar-refractivity contribution in [3.8, 4) is 11.1 Å². The molecule has 1 aliphatic heterocycles. The summed E-state index contributed by atoms with van der Waals surface area (Å²) in [5, 5.41) is 3.05. The van der Waals surface area contributed by atoms with Gasteiger partial charge in [0.05, 0.1) is 0 Å². The summed E-state index contributed by atoms with van der Waals surface area (Å²) in [6.45, 7) is 16.5. The van der Waals surface area contributed by atoms with Gasteiger partial charge in [-0.05, 0) is 119 Å². The summed E-state index contributed by atoms with van der Waals surface area (Å²) in [5.41, 5.74) is 8.14. The molecule has 2 heterocycles. The summed E-state index contributed by atoms with van der Waals surface area (Å²) in [6.07, 6.45) is 2.42. The van der Waals surface area contributed by atoms with Gasteiger partial charge in [-0.1, -0.05) is 54.6 Å². The normalized spacial score (nSPS) is 17.3. The van der Waals surface area contributed by atoms with Gasteiger partial charge in [0, 0.05) is 73.4 Å². The first kappa shape index (κ1) is 37.9. The van der Waals surface area contributed by atoms with E-state index in [2.05, 4.69) is 52.5 Å². The van der Waals surface area contributed by atoms with Crippen molar-refractivity contribution in [2.45, 2.75) is 104 Å². The standard InChI is InChI=1S/C44H54N4O5/c1-8-47(35-18-20-52-21-19-35)39-24-34(23-36(30(39)4)41(49)45-26-38-28(2)22-29(3)46-42(38)50)32-14-16-33(17-15-32)37-25-40(37)48(43(51)53-44(5,6)7)27-31-12-10-9-11-13-31/h9-17,22-24,35,37,40H,8,18-21,25-27H2,1-7H3,(H,45,49)(H,46,50)/t37-,40+/m0/s1. The van der Waals surface area contributed by atoms with Crippen molar-refractivity contribution in [3.63, 3.8) is 0 Å². The Hall–Kier alpha value is -4.89. The maximum Gasteiger partial charge on any atom is 0.410 e. The molecule has 1 aromatic heterocycles. The smallest absolute Gasteiger partial charge is 0.410 e. The zero-order valence-electron chi connectivity index (χ0n) is 32.3. The third-order valence-corrected chi connectivity index (χ3v) is 10.5. The predicted molar refractivity (Wildman–Crippen MR) is 211 cm³/mol. The van der Waals surface area contributed by atoms with Crippen molar-refractivity contribution < 1.29 is 19.1 Å². The Morgan fingerprint density at radius 2 is 1.64 bits per heavy atom. The highest BCUT2D eigenvalue weighted by molar-refractivity contribution is 5.99. The third kappa shape index (κ3) is 9.02. The predicted octanol–water partition coefficient (Wildman–Crippen LogP) is 8.20. The van der Waals surface area contributed by atoms with Crippen LogP contribution in [0.4, 0.5) is 10.5 Å². The first-order valence-electron chi connectivity index (χ1n) is 18.9. The number of H-pyrrole nitrogens is 1. The van der Waals surface area contributed by atoms with Crippen LogP contribution in [0.1, 0.15) is 96.7 Å². The second-order valence-electron chi connectivity index (χ2n) is 15.5. The van der Waals surface area contributed by atoms with Gasteiger partial charge in [-0.2, -0.15) is 0 Å². The van der Waals surface area contributed by atoms with Gasteiger partial charge in [-0.15, -0.1) is 0 Å². The highest BCUT2D eigenvalue weighted by Crippen LogP contribution is 2.46. The minimum absolute atomic E-state index is 0.0409. The molecular weight excluding hydrogens is 665 g/mol. The summed E-state index contributed by atoms with van der Waals surface area (Å²) < 4.78 is 11.5. The quantitative estimate of drug-likeness (QED) is 0.162. The first-order valence-corrected chi connectivity index (χ1v) is 18.9. The Balaban J connectivity index is 1.28. The largest absolute Gasteiger partial charge is 0.444 e. The summed E-state index contributed by atoms with van der Waals surface area (Å²) in [6, 6.07) is 25.0. The van der Waals surface area contributed by atoms with Crippen molar-refractivity contribution in [1.82, 2.24) is 15.2 Å². The van der Waals surface area contributed by atoms with Gasteiger partial charge < -0.3 is 29.6 Å². The summed E-state index contributed by atoms with van der Waals surface area (Å²) in [4.78, 5) is 47.3. The maximum atomic E-state index is 14.0. The molecule has 1 saturated carbocycles. The highest BCUT2D eigenvalue weighted by atomic mass is 16.6. The lowest BCUT2D eigenvalue weighted by molar-refractivity contribution is 0.0212. The fraction of sp³-hybridized carbons (Fsp3) is 0.432. The van der Waals surface area contributed by atoms with Crippen LogP contribution in [0.5, 0.6) is 0 Å². The Labute approximate surface area is 313 Å². The van der Waals surface area contributed by atoms with Crippen LogP contribution < -0.4 is 15.8 Å². The summed E-state index contributed by atoms with van der Waals surface area (Å²) in [7, 11) is 0. The number of nitrogens with zero attached hydrogens (tertiary/aromatic N) is 2. The number of hydrogen-bond acceptors (Lipinski definition) is 6.